The van der Waals surface area contributed by atoms with Crippen LogP contribution in [0.5, 0.6) is 0 Å². The molecular formula is C3H6N2S2. The Labute approximate surface area is 51.6 Å². The Balaban J connectivity index is 2.22. The van der Waals surface area contributed by atoms with Gasteiger partial charge >= 0.3 is 0 Å². The van der Waals surface area contributed by atoms with Crippen molar-refractivity contribution >= 4 is 23.9 Å². The normalized spacial score (nSPS) is 20.1. The van der Waals surface area contributed by atoms with Crippen LogP contribution in [0.2, 0.25) is 0 Å². The van der Waals surface area contributed by atoms with Crippen molar-refractivity contribution < 1.29 is 0 Å². The van der Waals surface area contributed by atoms with Gasteiger partial charge in [0.25, 0.3) is 0 Å². The van der Waals surface area contributed by atoms with Gasteiger partial charge in [-0.05, 0) is 30.2 Å². The minimum absolute atomic E-state index is 1.65. The van der Waals surface area contributed by atoms with Gasteiger partial charge in [0.15, 0.2) is 0 Å². The summed E-state index contributed by atoms with van der Waals surface area (Å²) in [7, 11) is 0. The van der Waals surface area contributed by atoms with Crippen molar-refractivity contribution in [2.24, 2.45) is 0 Å². The molecule has 1 rings (SSSR count). The first-order valence-electron chi connectivity index (χ1n) is 1.85. The average molecular weight is 134 g/mol. The van der Waals surface area contributed by atoms with Gasteiger partial charge in [0.2, 0.25) is 0 Å². The summed E-state index contributed by atoms with van der Waals surface area (Å²) in [5.41, 5.74) is 2.98. The highest BCUT2D eigenvalue weighted by Crippen LogP contribution is 2.20. The van der Waals surface area contributed by atoms with Gasteiger partial charge in [0, 0.05) is 11.6 Å². The lowest BCUT2D eigenvalue weighted by Crippen LogP contribution is -2.13. The van der Waals surface area contributed by atoms with Gasteiger partial charge in [-0.25, -0.2) is 0 Å². The van der Waals surface area contributed by atoms with Crippen LogP contribution in [0.15, 0.2) is 11.6 Å². The number of rotatable bonds is 1. The lowest BCUT2D eigenvalue weighted by molar-refractivity contribution is 0.670. The highest BCUT2D eigenvalue weighted by Gasteiger charge is 2.00. The number of hydrogen-bond donors (Lipinski definition) is 1. The fourth-order valence-electron chi connectivity index (χ4n) is 0.303. The van der Waals surface area contributed by atoms with Crippen molar-refractivity contribution in [3.8, 4) is 0 Å². The van der Waals surface area contributed by atoms with E-state index in [0.29, 0.717) is 0 Å². The van der Waals surface area contributed by atoms with E-state index in [4.69, 9.17) is 0 Å². The van der Waals surface area contributed by atoms with Crippen LogP contribution >= 0.6 is 23.9 Å². The monoisotopic (exact) mass is 134 g/mol. The van der Waals surface area contributed by atoms with E-state index < -0.39 is 0 Å². The van der Waals surface area contributed by atoms with Gasteiger partial charge in [-0.2, -0.15) is 0 Å². The van der Waals surface area contributed by atoms with E-state index in [1.807, 2.05) is 21.7 Å². The van der Waals surface area contributed by atoms with E-state index >= 15 is 0 Å². The molecule has 0 aromatic carbocycles. The van der Waals surface area contributed by atoms with Crippen molar-refractivity contribution in [1.29, 1.82) is 0 Å². The van der Waals surface area contributed by atoms with Gasteiger partial charge in [-0.1, -0.05) is 0 Å². The van der Waals surface area contributed by atoms with Crippen LogP contribution in [0, 0.1) is 0 Å². The van der Waals surface area contributed by atoms with E-state index in [9.17, 15) is 0 Å². The first kappa shape index (κ1) is 5.34. The highest BCUT2D eigenvalue weighted by atomic mass is 32.2. The van der Waals surface area contributed by atoms with Crippen LogP contribution in [0.1, 0.15) is 0 Å². The summed E-state index contributed by atoms with van der Waals surface area (Å²) < 4.78 is 1.96. The lowest BCUT2D eigenvalue weighted by atomic mass is 11.1. The van der Waals surface area contributed by atoms with Crippen LogP contribution < -0.4 is 5.43 Å². The zero-order valence-corrected chi connectivity index (χ0v) is 5.55. The molecule has 0 spiro atoms. The SMILES string of the molecule is CSN1NC=CS1. The second-order valence-corrected chi connectivity index (χ2v) is 2.79. The summed E-state index contributed by atoms with van der Waals surface area (Å²) in [5.74, 6) is 0. The third-order valence-corrected chi connectivity index (χ3v) is 2.27. The molecule has 0 saturated heterocycles. The maximum absolute atomic E-state index is 2.98. The molecule has 4 heteroatoms. The summed E-state index contributed by atoms with van der Waals surface area (Å²) in [6.45, 7) is 0. The molecule has 0 saturated carbocycles. The third kappa shape index (κ3) is 1.29. The summed E-state index contributed by atoms with van der Waals surface area (Å²) in [4.78, 5) is 0. The number of hydrazine groups is 1. The average Bonchev–Trinajstić information content (AvgIpc) is 2.14. The molecular weight excluding hydrogens is 128 g/mol. The van der Waals surface area contributed by atoms with Crippen LogP contribution in [-0.4, -0.2) is 10.1 Å². The van der Waals surface area contributed by atoms with Crippen LogP contribution in [0.3, 0.4) is 0 Å². The largest absolute Gasteiger partial charge is 0.306 e. The smallest absolute Gasteiger partial charge is 0.0223 e. The molecule has 0 atom stereocenters. The van der Waals surface area contributed by atoms with Crippen LogP contribution in [-0.2, 0) is 0 Å². The molecule has 1 aliphatic rings. The number of nitrogens with zero attached hydrogens (tertiary/aromatic N) is 1. The maximum atomic E-state index is 2.98. The van der Waals surface area contributed by atoms with Crippen LogP contribution in [0.4, 0.5) is 0 Å². The zero-order valence-electron chi connectivity index (χ0n) is 3.92. The van der Waals surface area contributed by atoms with Crippen molar-refractivity contribution in [1.82, 2.24) is 9.25 Å². The predicted molar refractivity (Wildman–Crippen MR) is 35.2 cm³/mol. The fraction of sp³-hybridized carbons (Fsp3) is 0.333. The second kappa shape index (κ2) is 2.49. The molecule has 1 aliphatic heterocycles. The van der Waals surface area contributed by atoms with E-state index in [1.54, 1.807) is 23.9 Å². The standard InChI is InChI=1S/C3H6N2S2/c1-6-5-4-2-3-7-5/h2-4H,1H3. The number of nitrogens with one attached hydrogen (secondary N) is 1. The Kier molecular flexibility index (Phi) is 1.90. The molecule has 1 heterocycles. The molecule has 0 aliphatic carbocycles. The Bertz CT molecular complexity index is 75.0. The first-order valence-corrected chi connectivity index (χ1v) is 3.87. The minimum Gasteiger partial charge on any atom is -0.306 e. The molecule has 1 N–H and O–H groups in total. The molecule has 0 aromatic heterocycles. The molecule has 2 nitrogen and oxygen atoms in total. The quantitative estimate of drug-likeness (QED) is 0.542. The summed E-state index contributed by atoms with van der Waals surface area (Å²) in [6.07, 6.45) is 3.92. The second-order valence-electron chi connectivity index (χ2n) is 0.977. The maximum Gasteiger partial charge on any atom is 0.0223 e. The Morgan fingerprint density at radius 2 is 2.71 bits per heavy atom. The predicted octanol–water partition coefficient (Wildman–Crippen LogP) is 1.20. The summed E-state index contributed by atoms with van der Waals surface area (Å²) >= 11 is 3.30. The first-order chi connectivity index (χ1) is 3.43. The van der Waals surface area contributed by atoms with Crippen molar-refractivity contribution in [2.45, 2.75) is 0 Å². The summed E-state index contributed by atoms with van der Waals surface area (Å²) in [5, 5.41) is 2.00. The van der Waals surface area contributed by atoms with Crippen molar-refractivity contribution in [2.75, 3.05) is 6.26 Å². The van der Waals surface area contributed by atoms with Crippen molar-refractivity contribution in [3.63, 3.8) is 0 Å². The van der Waals surface area contributed by atoms with Crippen molar-refractivity contribution in [3.05, 3.63) is 11.6 Å². The molecule has 0 amide bonds. The molecule has 0 fully saturated rings. The van der Waals surface area contributed by atoms with E-state index in [1.165, 1.54) is 0 Å². The Hall–Kier alpha value is 0.200. The van der Waals surface area contributed by atoms with E-state index in [2.05, 4.69) is 5.43 Å². The van der Waals surface area contributed by atoms with Gasteiger partial charge in [0.1, 0.15) is 0 Å². The third-order valence-electron chi connectivity index (χ3n) is 0.570. The fourth-order valence-corrected chi connectivity index (χ4v) is 1.32. The molecule has 0 aromatic rings. The zero-order chi connectivity index (χ0) is 5.11. The topological polar surface area (TPSA) is 15.3 Å². The van der Waals surface area contributed by atoms with Gasteiger partial charge < -0.3 is 5.43 Å². The van der Waals surface area contributed by atoms with E-state index in [0.717, 1.165) is 0 Å². The van der Waals surface area contributed by atoms with Gasteiger partial charge in [0.05, 0.1) is 0 Å². The summed E-state index contributed by atoms with van der Waals surface area (Å²) in [6, 6.07) is 0. The molecule has 0 radical (unpaired) electrons. The minimum atomic E-state index is 1.65. The Morgan fingerprint density at radius 1 is 1.86 bits per heavy atom. The Morgan fingerprint density at radius 3 is 3.00 bits per heavy atom. The van der Waals surface area contributed by atoms with Gasteiger partial charge in [-0.15, -0.1) is 3.82 Å². The highest BCUT2D eigenvalue weighted by molar-refractivity contribution is 8.13. The molecule has 40 valence electrons. The molecule has 0 unspecified atom stereocenters. The molecule has 7 heavy (non-hydrogen) atoms. The van der Waals surface area contributed by atoms with E-state index in [-0.39, 0.29) is 0 Å². The van der Waals surface area contributed by atoms with Gasteiger partial charge in [-0.3, -0.25) is 0 Å². The van der Waals surface area contributed by atoms with Crippen LogP contribution in [0.25, 0.3) is 0 Å². The number of hydrogen-bond acceptors (Lipinski definition) is 4. The molecule has 0 bridgehead atoms. The lowest BCUT2D eigenvalue weighted by Gasteiger charge is -2.06.